The average Bonchev–Trinajstić information content (AvgIpc) is 2.34. The van der Waals surface area contributed by atoms with Gasteiger partial charge in [-0.3, -0.25) is 0 Å². The second-order valence-electron chi connectivity index (χ2n) is 2.39. The maximum atomic E-state index is 11.5. The molecule has 0 saturated carbocycles. The number of hydrogen-bond donors (Lipinski definition) is 0. The molecule has 0 aliphatic rings. The first-order chi connectivity index (χ1) is 6.03. The third-order valence-corrected chi connectivity index (χ3v) is 3.50. The Balaban J connectivity index is 2.89. The fourth-order valence-electron chi connectivity index (χ4n) is 0.742. The van der Waals surface area contributed by atoms with E-state index in [9.17, 15) is 4.21 Å². The van der Waals surface area contributed by atoms with Gasteiger partial charge in [0.25, 0.3) is 0 Å². The van der Waals surface area contributed by atoms with Gasteiger partial charge in [0.15, 0.2) is 4.47 Å². The second kappa shape index (κ2) is 4.05. The van der Waals surface area contributed by atoms with Crippen LogP contribution in [0.15, 0.2) is 9.74 Å². The Morgan fingerprint density at radius 2 is 2.62 bits per heavy atom. The standard InChI is InChI=1S/C6H6ClN3OS2/c1-13(11,9-4-8)3-5-2-12-6(7)10-5/h2H,3H2,1H3. The van der Waals surface area contributed by atoms with Crippen molar-refractivity contribution in [3.05, 3.63) is 15.5 Å². The first kappa shape index (κ1) is 10.4. The van der Waals surface area contributed by atoms with Crippen molar-refractivity contribution >= 4 is 32.7 Å². The summed E-state index contributed by atoms with van der Waals surface area (Å²) in [5, 5.41) is 9.95. The van der Waals surface area contributed by atoms with Crippen molar-refractivity contribution in [3.8, 4) is 6.19 Å². The highest BCUT2D eigenvalue weighted by Gasteiger charge is 2.06. The lowest BCUT2D eigenvalue weighted by atomic mass is 10.6. The predicted molar refractivity (Wildman–Crippen MR) is 52.9 cm³/mol. The first-order valence-electron chi connectivity index (χ1n) is 3.21. The normalized spacial score (nSPS) is 14.5. The molecule has 1 unspecified atom stereocenters. The molecule has 0 N–H and O–H groups in total. The first-order valence-corrected chi connectivity index (χ1v) is 6.56. The molecule has 0 fully saturated rings. The zero-order valence-electron chi connectivity index (χ0n) is 6.73. The fourth-order valence-corrected chi connectivity index (χ4v) is 2.56. The molecule has 0 aliphatic carbocycles. The van der Waals surface area contributed by atoms with Crippen molar-refractivity contribution in [3.63, 3.8) is 0 Å². The molecule has 0 radical (unpaired) electrons. The molecule has 7 heteroatoms. The Hall–Kier alpha value is -0.640. The quantitative estimate of drug-likeness (QED) is 0.735. The van der Waals surface area contributed by atoms with Crippen molar-refractivity contribution in [2.75, 3.05) is 6.26 Å². The van der Waals surface area contributed by atoms with E-state index in [0.29, 0.717) is 10.2 Å². The Morgan fingerprint density at radius 3 is 3.08 bits per heavy atom. The van der Waals surface area contributed by atoms with Crippen LogP contribution in [0.5, 0.6) is 0 Å². The summed E-state index contributed by atoms with van der Waals surface area (Å²) in [5.41, 5.74) is 0.612. The molecule has 0 bridgehead atoms. The van der Waals surface area contributed by atoms with Gasteiger partial charge in [-0.05, 0) is 0 Å². The van der Waals surface area contributed by atoms with Gasteiger partial charge in [-0.25, -0.2) is 9.19 Å². The molecule has 13 heavy (non-hydrogen) atoms. The van der Waals surface area contributed by atoms with Crippen LogP contribution in [0.1, 0.15) is 5.69 Å². The molecule has 1 rings (SSSR count). The van der Waals surface area contributed by atoms with E-state index < -0.39 is 9.73 Å². The van der Waals surface area contributed by atoms with Crippen LogP contribution in [0.3, 0.4) is 0 Å². The molecule has 0 saturated heterocycles. The second-order valence-corrected chi connectivity index (χ2v) is 6.22. The smallest absolute Gasteiger partial charge is 0.214 e. The molecule has 70 valence electrons. The van der Waals surface area contributed by atoms with Gasteiger partial charge in [0, 0.05) is 11.6 Å². The number of aromatic nitrogens is 1. The van der Waals surface area contributed by atoms with E-state index in [1.54, 1.807) is 5.38 Å². The predicted octanol–water partition coefficient (Wildman–Crippen LogP) is 1.88. The number of rotatable bonds is 2. The molecule has 0 amide bonds. The summed E-state index contributed by atoms with van der Waals surface area (Å²) >= 11 is 6.85. The largest absolute Gasteiger partial charge is 0.249 e. The fraction of sp³-hybridized carbons (Fsp3) is 0.333. The highest BCUT2D eigenvalue weighted by Crippen LogP contribution is 2.16. The lowest BCUT2D eigenvalue weighted by Gasteiger charge is -1.96. The Kier molecular flexibility index (Phi) is 3.25. The van der Waals surface area contributed by atoms with Crippen LogP contribution in [0.4, 0.5) is 0 Å². The molecular formula is C6H6ClN3OS2. The number of hydrogen-bond acceptors (Lipinski definition) is 5. The monoisotopic (exact) mass is 235 g/mol. The van der Waals surface area contributed by atoms with Crippen LogP contribution >= 0.6 is 22.9 Å². The molecule has 0 spiro atoms. The van der Waals surface area contributed by atoms with Gasteiger partial charge in [-0.15, -0.1) is 15.7 Å². The number of halogens is 1. The Bertz CT molecular complexity index is 453. The van der Waals surface area contributed by atoms with E-state index >= 15 is 0 Å². The van der Waals surface area contributed by atoms with Crippen molar-refractivity contribution in [1.29, 1.82) is 5.26 Å². The third kappa shape index (κ3) is 3.30. The summed E-state index contributed by atoms with van der Waals surface area (Å²) in [4.78, 5) is 3.91. The Morgan fingerprint density at radius 1 is 1.92 bits per heavy atom. The van der Waals surface area contributed by atoms with Crippen LogP contribution in [0, 0.1) is 11.5 Å². The van der Waals surface area contributed by atoms with E-state index in [1.165, 1.54) is 23.8 Å². The van der Waals surface area contributed by atoms with Crippen LogP contribution in [0.25, 0.3) is 0 Å². The van der Waals surface area contributed by atoms with Gasteiger partial charge >= 0.3 is 0 Å². The van der Waals surface area contributed by atoms with E-state index in [2.05, 4.69) is 9.35 Å². The maximum Gasteiger partial charge on any atom is 0.214 e. The van der Waals surface area contributed by atoms with Gasteiger partial charge < -0.3 is 0 Å². The average molecular weight is 236 g/mol. The number of nitrogens with zero attached hydrogens (tertiary/aromatic N) is 3. The van der Waals surface area contributed by atoms with Crippen LogP contribution < -0.4 is 0 Å². The molecule has 0 aliphatic heterocycles. The lowest BCUT2D eigenvalue weighted by molar-refractivity contribution is 0.680. The van der Waals surface area contributed by atoms with Gasteiger partial charge in [0.1, 0.15) is 0 Å². The molecule has 1 atom stereocenters. The van der Waals surface area contributed by atoms with Crippen molar-refractivity contribution in [2.45, 2.75) is 5.75 Å². The van der Waals surface area contributed by atoms with E-state index in [0.717, 1.165) is 0 Å². The van der Waals surface area contributed by atoms with Gasteiger partial charge in [-0.2, -0.15) is 5.26 Å². The third-order valence-electron chi connectivity index (χ3n) is 1.17. The molecule has 1 heterocycles. The van der Waals surface area contributed by atoms with E-state index in [1.807, 2.05) is 0 Å². The van der Waals surface area contributed by atoms with Gasteiger partial charge in [0.05, 0.1) is 21.2 Å². The van der Waals surface area contributed by atoms with Crippen LogP contribution in [0.2, 0.25) is 4.47 Å². The number of thiazole rings is 1. The number of nitriles is 1. The summed E-state index contributed by atoms with van der Waals surface area (Å²) in [7, 11) is -2.47. The lowest BCUT2D eigenvalue weighted by Crippen LogP contribution is -2.00. The summed E-state index contributed by atoms with van der Waals surface area (Å²) in [6, 6.07) is 0. The topological polar surface area (TPSA) is 66.1 Å². The van der Waals surface area contributed by atoms with E-state index in [-0.39, 0.29) is 5.75 Å². The molecule has 0 aromatic carbocycles. The van der Waals surface area contributed by atoms with Crippen molar-refractivity contribution in [1.82, 2.24) is 4.98 Å². The van der Waals surface area contributed by atoms with Crippen molar-refractivity contribution in [2.24, 2.45) is 4.36 Å². The highest BCUT2D eigenvalue weighted by atomic mass is 35.5. The zero-order valence-corrected chi connectivity index (χ0v) is 9.12. The molecule has 1 aromatic heterocycles. The maximum absolute atomic E-state index is 11.5. The van der Waals surface area contributed by atoms with Crippen LogP contribution in [-0.4, -0.2) is 15.4 Å². The molecule has 4 nitrogen and oxygen atoms in total. The minimum Gasteiger partial charge on any atom is -0.249 e. The highest BCUT2D eigenvalue weighted by molar-refractivity contribution is 7.92. The SMILES string of the molecule is CS(=O)(Cc1csc(Cl)n1)=NC#N. The molecular weight excluding hydrogens is 230 g/mol. The van der Waals surface area contributed by atoms with Gasteiger partial charge in [0.2, 0.25) is 6.19 Å². The van der Waals surface area contributed by atoms with E-state index in [4.69, 9.17) is 16.9 Å². The molecule has 1 aromatic rings. The van der Waals surface area contributed by atoms with Crippen LogP contribution in [-0.2, 0) is 15.5 Å². The minimum atomic E-state index is -2.47. The summed E-state index contributed by atoms with van der Waals surface area (Å²) in [6.07, 6.45) is 2.95. The summed E-state index contributed by atoms with van der Waals surface area (Å²) in [5.74, 6) is 0.170. The van der Waals surface area contributed by atoms with Gasteiger partial charge in [-0.1, -0.05) is 11.6 Å². The van der Waals surface area contributed by atoms with Crippen molar-refractivity contribution < 1.29 is 4.21 Å². The Labute approximate surface area is 85.4 Å². The minimum absolute atomic E-state index is 0.170. The zero-order chi connectivity index (χ0) is 9.90. The summed E-state index contributed by atoms with van der Waals surface area (Å²) < 4.78 is 15.2. The summed E-state index contributed by atoms with van der Waals surface area (Å²) in [6.45, 7) is 0.